The van der Waals surface area contributed by atoms with Crippen molar-refractivity contribution in [2.75, 3.05) is 0 Å². The van der Waals surface area contributed by atoms with E-state index in [4.69, 9.17) is 4.74 Å². The van der Waals surface area contributed by atoms with Crippen LogP contribution < -0.4 is 10.3 Å². The second-order valence-corrected chi connectivity index (χ2v) is 5.82. The second-order valence-electron chi connectivity index (χ2n) is 5.82. The van der Waals surface area contributed by atoms with Gasteiger partial charge in [0.25, 0.3) is 5.56 Å². The van der Waals surface area contributed by atoms with E-state index in [1.54, 1.807) is 18.2 Å². The number of ether oxygens (including phenoxy) is 1. The largest absolute Gasteiger partial charge is 0.437 e. The average molecular weight is 384 g/mol. The topological polar surface area (TPSA) is 80.8 Å². The zero-order valence-corrected chi connectivity index (χ0v) is 14.1. The summed E-state index contributed by atoms with van der Waals surface area (Å²) in [5, 5.41) is 0. The zero-order valence-electron chi connectivity index (χ0n) is 14.1. The van der Waals surface area contributed by atoms with Crippen molar-refractivity contribution >= 4 is 11.0 Å². The Balaban J connectivity index is 1.67. The quantitative estimate of drug-likeness (QED) is 0.573. The maximum absolute atomic E-state index is 12.7. The van der Waals surface area contributed by atoms with E-state index in [-0.39, 0.29) is 11.4 Å². The molecule has 0 bridgehead atoms. The molecule has 0 fully saturated rings. The lowest BCUT2D eigenvalue weighted by atomic mass is 10.1. The lowest BCUT2D eigenvalue weighted by Crippen LogP contribution is -2.05. The van der Waals surface area contributed by atoms with Gasteiger partial charge in [-0.05, 0) is 24.3 Å². The van der Waals surface area contributed by atoms with Crippen LogP contribution in [0.2, 0.25) is 0 Å². The van der Waals surface area contributed by atoms with Gasteiger partial charge in [-0.2, -0.15) is 13.2 Å². The van der Waals surface area contributed by atoms with E-state index in [2.05, 4.69) is 19.9 Å². The molecule has 0 radical (unpaired) electrons. The van der Waals surface area contributed by atoms with Gasteiger partial charge in [0.2, 0.25) is 5.88 Å². The van der Waals surface area contributed by atoms with E-state index in [0.717, 1.165) is 12.1 Å². The number of nitrogens with zero attached hydrogens (tertiary/aromatic N) is 3. The van der Waals surface area contributed by atoms with Crippen LogP contribution in [-0.4, -0.2) is 19.9 Å². The number of hydrogen-bond acceptors (Lipinski definition) is 5. The molecule has 0 spiro atoms. The summed E-state index contributed by atoms with van der Waals surface area (Å²) in [4.78, 5) is 26.3. The molecule has 0 atom stereocenters. The van der Waals surface area contributed by atoms with Crippen LogP contribution in [0.15, 0.2) is 65.8 Å². The molecular formula is C19H11F3N4O2. The SMILES string of the molecule is O=c1cnc2cccc(Oc3cc(-c4ccc(C(F)(F)F)cc4)ncn3)c2[nH]1. The highest BCUT2D eigenvalue weighted by Crippen LogP contribution is 2.31. The number of hydrogen-bond donors (Lipinski definition) is 1. The summed E-state index contributed by atoms with van der Waals surface area (Å²) in [5.74, 6) is 0.502. The number of para-hydroxylation sites is 1. The zero-order chi connectivity index (χ0) is 19.7. The molecule has 0 aliphatic carbocycles. The van der Waals surface area contributed by atoms with Crippen LogP contribution in [0.25, 0.3) is 22.3 Å². The molecule has 6 nitrogen and oxygen atoms in total. The van der Waals surface area contributed by atoms with Gasteiger partial charge in [-0.3, -0.25) is 4.79 Å². The van der Waals surface area contributed by atoms with Crippen LogP contribution >= 0.6 is 0 Å². The highest BCUT2D eigenvalue weighted by Gasteiger charge is 2.30. The Kier molecular flexibility index (Phi) is 4.26. The fourth-order valence-corrected chi connectivity index (χ4v) is 2.62. The Hall–Kier alpha value is -3.75. The Morgan fingerprint density at radius 3 is 2.50 bits per heavy atom. The first-order valence-electron chi connectivity index (χ1n) is 8.06. The molecule has 4 aromatic rings. The van der Waals surface area contributed by atoms with Gasteiger partial charge in [0.05, 0.1) is 23.0 Å². The van der Waals surface area contributed by atoms with Crippen molar-refractivity contribution in [1.82, 2.24) is 19.9 Å². The molecule has 4 rings (SSSR count). The van der Waals surface area contributed by atoms with Crippen LogP contribution in [0.3, 0.4) is 0 Å². The highest BCUT2D eigenvalue weighted by atomic mass is 19.4. The molecule has 9 heteroatoms. The van der Waals surface area contributed by atoms with Gasteiger partial charge < -0.3 is 9.72 Å². The molecule has 0 amide bonds. The molecule has 1 N–H and O–H groups in total. The van der Waals surface area contributed by atoms with Gasteiger partial charge in [-0.1, -0.05) is 18.2 Å². The van der Waals surface area contributed by atoms with Crippen LogP contribution in [-0.2, 0) is 6.18 Å². The molecule has 0 aliphatic heterocycles. The lowest BCUT2D eigenvalue weighted by Gasteiger charge is -2.09. The molecule has 2 aromatic carbocycles. The van der Waals surface area contributed by atoms with Crippen molar-refractivity contribution in [1.29, 1.82) is 0 Å². The predicted molar refractivity (Wildman–Crippen MR) is 94.9 cm³/mol. The van der Waals surface area contributed by atoms with Crippen molar-refractivity contribution in [3.8, 4) is 22.9 Å². The van der Waals surface area contributed by atoms with Crippen LogP contribution in [0.4, 0.5) is 13.2 Å². The Morgan fingerprint density at radius 2 is 1.75 bits per heavy atom. The molecule has 0 aliphatic rings. The number of H-pyrrole nitrogens is 1. The van der Waals surface area contributed by atoms with E-state index < -0.39 is 11.7 Å². The van der Waals surface area contributed by atoms with Crippen molar-refractivity contribution in [2.45, 2.75) is 6.18 Å². The molecule has 0 unspecified atom stereocenters. The van der Waals surface area contributed by atoms with E-state index in [1.807, 2.05) is 0 Å². The molecule has 0 saturated heterocycles. The van der Waals surface area contributed by atoms with Gasteiger partial charge in [0.1, 0.15) is 11.8 Å². The van der Waals surface area contributed by atoms with E-state index in [9.17, 15) is 18.0 Å². The lowest BCUT2D eigenvalue weighted by molar-refractivity contribution is -0.137. The average Bonchev–Trinajstić information content (AvgIpc) is 2.68. The van der Waals surface area contributed by atoms with Crippen molar-refractivity contribution in [3.05, 3.63) is 77.0 Å². The van der Waals surface area contributed by atoms with Gasteiger partial charge >= 0.3 is 6.18 Å². The van der Waals surface area contributed by atoms with E-state index >= 15 is 0 Å². The Labute approximate surface area is 155 Å². The van der Waals surface area contributed by atoms with Gasteiger partial charge in [-0.15, -0.1) is 0 Å². The Morgan fingerprint density at radius 1 is 0.964 bits per heavy atom. The van der Waals surface area contributed by atoms with Gasteiger partial charge in [0.15, 0.2) is 5.75 Å². The molecule has 0 saturated carbocycles. The highest BCUT2D eigenvalue weighted by molar-refractivity contribution is 5.80. The third-order valence-electron chi connectivity index (χ3n) is 3.94. The number of nitrogens with one attached hydrogen (secondary N) is 1. The second kappa shape index (κ2) is 6.76. The van der Waals surface area contributed by atoms with Gasteiger partial charge in [-0.25, -0.2) is 15.0 Å². The van der Waals surface area contributed by atoms with E-state index in [0.29, 0.717) is 28.0 Å². The fraction of sp³-hybridized carbons (Fsp3) is 0.0526. The summed E-state index contributed by atoms with van der Waals surface area (Å²) >= 11 is 0. The normalized spacial score (nSPS) is 11.5. The standard InChI is InChI=1S/C19H11F3N4O2/c20-19(21,22)12-6-4-11(5-7-12)14-8-17(25-10-24-14)28-15-3-1-2-13-18(15)26-16(27)9-23-13/h1-10H,(H,26,27). The monoisotopic (exact) mass is 384 g/mol. The minimum absolute atomic E-state index is 0.169. The number of aromatic nitrogens is 4. The molecule has 2 heterocycles. The third kappa shape index (κ3) is 3.54. The first-order valence-corrected chi connectivity index (χ1v) is 8.06. The molecule has 2 aromatic heterocycles. The maximum Gasteiger partial charge on any atom is 0.416 e. The summed E-state index contributed by atoms with van der Waals surface area (Å²) in [6, 6.07) is 11.2. The van der Waals surface area contributed by atoms with Crippen LogP contribution in [0, 0.1) is 0 Å². The molecular weight excluding hydrogens is 373 g/mol. The summed E-state index contributed by atoms with van der Waals surface area (Å²) in [7, 11) is 0. The molecule has 28 heavy (non-hydrogen) atoms. The van der Waals surface area contributed by atoms with Crippen LogP contribution in [0.5, 0.6) is 11.6 Å². The van der Waals surface area contributed by atoms with E-state index in [1.165, 1.54) is 30.7 Å². The molecule has 140 valence electrons. The summed E-state index contributed by atoms with van der Waals surface area (Å²) in [5.41, 5.74) is 0.698. The number of halogens is 3. The summed E-state index contributed by atoms with van der Waals surface area (Å²) < 4.78 is 43.9. The van der Waals surface area contributed by atoms with Crippen molar-refractivity contribution in [2.24, 2.45) is 0 Å². The minimum Gasteiger partial charge on any atom is -0.437 e. The summed E-state index contributed by atoms with van der Waals surface area (Å²) in [6.07, 6.45) is -1.99. The maximum atomic E-state index is 12.7. The van der Waals surface area contributed by atoms with Crippen molar-refractivity contribution < 1.29 is 17.9 Å². The smallest absolute Gasteiger partial charge is 0.416 e. The van der Waals surface area contributed by atoms with Crippen LogP contribution in [0.1, 0.15) is 5.56 Å². The minimum atomic E-state index is -4.40. The third-order valence-corrected chi connectivity index (χ3v) is 3.94. The number of benzene rings is 2. The number of aromatic amines is 1. The number of alkyl halides is 3. The summed E-state index contributed by atoms with van der Waals surface area (Å²) in [6.45, 7) is 0. The first-order chi connectivity index (χ1) is 13.4. The van der Waals surface area contributed by atoms with Gasteiger partial charge in [0, 0.05) is 11.6 Å². The van der Waals surface area contributed by atoms with Crippen molar-refractivity contribution in [3.63, 3.8) is 0 Å². The number of rotatable bonds is 3. The predicted octanol–water partition coefficient (Wildman–Crippen LogP) is 4.19. The fourth-order valence-electron chi connectivity index (χ4n) is 2.62. The Bertz CT molecular complexity index is 1200. The number of fused-ring (bicyclic) bond motifs is 1. The first kappa shape index (κ1) is 17.7.